The third-order valence-electron chi connectivity index (χ3n) is 5.32. The van der Waals surface area contributed by atoms with Crippen LogP contribution in [0.1, 0.15) is 18.9 Å². The molecule has 2 unspecified atom stereocenters. The first kappa shape index (κ1) is 21.9. The van der Waals surface area contributed by atoms with Gasteiger partial charge in [-0.25, -0.2) is 0 Å². The molecule has 1 aliphatic heterocycles. The first-order chi connectivity index (χ1) is 14.5. The predicted molar refractivity (Wildman–Crippen MR) is 115 cm³/mol. The number of nitrogens with one attached hydrogen (secondary N) is 1. The van der Waals surface area contributed by atoms with Gasteiger partial charge >= 0.3 is 0 Å². The first-order valence-corrected chi connectivity index (χ1v) is 10.3. The summed E-state index contributed by atoms with van der Waals surface area (Å²) in [4.78, 5) is 25.4. The normalized spacial score (nSPS) is 19.1. The van der Waals surface area contributed by atoms with Gasteiger partial charge in [0, 0.05) is 51.2 Å². The van der Waals surface area contributed by atoms with Crippen LogP contribution in [0.4, 0.5) is 5.69 Å². The van der Waals surface area contributed by atoms with Crippen molar-refractivity contribution in [2.45, 2.75) is 19.4 Å². The Bertz CT molecular complexity index is 908. The lowest BCUT2D eigenvalue weighted by atomic mass is 9.95. The lowest BCUT2D eigenvalue weighted by molar-refractivity contribution is -0.123. The maximum Gasteiger partial charge on any atom is 0.234 e. The van der Waals surface area contributed by atoms with Gasteiger partial charge in [0.15, 0.2) is 0 Å². The van der Waals surface area contributed by atoms with E-state index in [0.717, 1.165) is 18.7 Å². The number of fused-ring (bicyclic) bond motifs is 1. The van der Waals surface area contributed by atoms with Gasteiger partial charge in [0.25, 0.3) is 0 Å². The molecule has 2 aromatic rings. The number of aromatic nitrogens is 2. The van der Waals surface area contributed by atoms with Crippen LogP contribution in [0.15, 0.2) is 24.5 Å². The van der Waals surface area contributed by atoms with Crippen LogP contribution in [-0.4, -0.2) is 77.8 Å². The number of hydrogen-bond acceptors (Lipinski definition) is 8. The number of aliphatic hydroxyl groups is 1. The fourth-order valence-electron chi connectivity index (χ4n) is 4.11. The molecule has 1 amide bonds. The van der Waals surface area contributed by atoms with E-state index in [0.29, 0.717) is 48.7 Å². The number of amides is 1. The number of aliphatic hydroxyl groups excluding tert-OH is 1. The monoisotopic (exact) mass is 411 g/mol. The molecule has 1 aromatic heterocycles. The molecule has 1 fully saturated rings. The van der Waals surface area contributed by atoms with Gasteiger partial charge in [-0.15, -0.1) is 0 Å². The van der Waals surface area contributed by atoms with Crippen molar-refractivity contribution in [3.63, 3.8) is 0 Å². The van der Waals surface area contributed by atoms with E-state index in [1.807, 2.05) is 11.0 Å². The Hall–Kier alpha value is -2.80. The lowest BCUT2D eigenvalue weighted by Gasteiger charge is -2.38. The van der Waals surface area contributed by atoms with Gasteiger partial charge in [0.1, 0.15) is 17.1 Å². The minimum atomic E-state index is -0.0690. The Morgan fingerprint density at radius 2 is 2.10 bits per heavy atom. The van der Waals surface area contributed by atoms with E-state index in [4.69, 9.17) is 10.8 Å². The molecule has 0 radical (unpaired) electrons. The van der Waals surface area contributed by atoms with Crippen LogP contribution in [0.25, 0.3) is 11.0 Å². The van der Waals surface area contributed by atoms with E-state index in [1.165, 1.54) is 0 Å². The molecule has 0 bridgehead atoms. The molecular formula is C21H29N7O2. The van der Waals surface area contributed by atoms with Gasteiger partial charge in [-0.05, 0) is 24.5 Å². The molecule has 4 N–H and O–H groups in total. The zero-order chi connectivity index (χ0) is 21.5. The molecule has 9 heteroatoms. The molecule has 160 valence electrons. The van der Waals surface area contributed by atoms with E-state index in [1.54, 1.807) is 18.5 Å². The SMILES string of the molecule is CC1CC(NC(=O)CN(CCN)CCO)CN(c2ccc(C#N)c3nccnc23)C1. The topological polar surface area (TPSA) is 131 Å². The van der Waals surface area contributed by atoms with E-state index in [2.05, 4.69) is 33.2 Å². The molecule has 0 spiro atoms. The molecule has 3 rings (SSSR count). The molecule has 30 heavy (non-hydrogen) atoms. The molecule has 9 nitrogen and oxygen atoms in total. The summed E-state index contributed by atoms with van der Waals surface area (Å²) < 4.78 is 0. The molecule has 1 aliphatic rings. The van der Waals surface area contributed by atoms with Crippen molar-refractivity contribution in [1.29, 1.82) is 5.26 Å². The van der Waals surface area contributed by atoms with Gasteiger partial charge in [-0.2, -0.15) is 5.26 Å². The van der Waals surface area contributed by atoms with E-state index < -0.39 is 0 Å². The van der Waals surface area contributed by atoms with Crippen LogP contribution in [-0.2, 0) is 4.79 Å². The van der Waals surface area contributed by atoms with Crippen molar-refractivity contribution in [3.05, 3.63) is 30.1 Å². The van der Waals surface area contributed by atoms with Crippen molar-refractivity contribution in [3.8, 4) is 6.07 Å². The minimum absolute atomic E-state index is 0.00234. The second kappa shape index (κ2) is 10.3. The van der Waals surface area contributed by atoms with Crippen molar-refractivity contribution in [2.75, 3.05) is 50.8 Å². The smallest absolute Gasteiger partial charge is 0.234 e. The summed E-state index contributed by atoms with van der Waals surface area (Å²) in [5.41, 5.74) is 8.32. The summed E-state index contributed by atoms with van der Waals surface area (Å²) in [5.74, 6) is 0.310. The number of nitrogens with zero attached hydrogens (tertiary/aromatic N) is 5. The molecule has 1 aromatic carbocycles. The summed E-state index contributed by atoms with van der Waals surface area (Å²) in [6, 6.07) is 5.86. The van der Waals surface area contributed by atoms with Crippen LogP contribution in [0.3, 0.4) is 0 Å². The number of nitrogens with two attached hydrogens (primary N) is 1. The zero-order valence-electron chi connectivity index (χ0n) is 17.3. The summed E-state index contributed by atoms with van der Waals surface area (Å²) >= 11 is 0. The number of hydrogen-bond donors (Lipinski definition) is 3. The third-order valence-corrected chi connectivity index (χ3v) is 5.32. The van der Waals surface area contributed by atoms with Crippen molar-refractivity contribution in [2.24, 2.45) is 11.7 Å². The van der Waals surface area contributed by atoms with Gasteiger partial charge in [0.05, 0.1) is 24.4 Å². The Balaban J connectivity index is 1.74. The van der Waals surface area contributed by atoms with Gasteiger partial charge < -0.3 is 21.1 Å². The first-order valence-electron chi connectivity index (χ1n) is 10.3. The third kappa shape index (κ3) is 5.21. The predicted octanol–water partition coefficient (Wildman–Crippen LogP) is 0.0855. The average molecular weight is 412 g/mol. The average Bonchev–Trinajstić information content (AvgIpc) is 2.72. The number of anilines is 1. The lowest BCUT2D eigenvalue weighted by Crippen LogP contribution is -2.52. The Labute approximate surface area is 176 Å². The summed E-state index contributed by atoms with van der Waals surface area (Å²) in [6.07, 6.45) is 4.11. The number of rotatable bonds is 8. The van der Waals surface area contributed by atoms with Crippen LogP contribution < -0.4 is 16.0 Å². The van der Waals surface area contributed by atoms with Crippen molar-refractivity contribution in [1.82, 2.24) is 20.2 Å². The van der Waals surface area contributed by atoms with Crippen LogP contribution in [0.5, 0.6) is 0 Å². The molecular weight excluding hydrogens is 382 g/mol. The fourth-order valence-corrected chi connectivity index (χ4v) is 4.11. The second-order valence-corrected chi connectivity index (χ2v) is 7.80. The highest BCUT2D eigenvalue weighted by Gasteiger charge is 2.28. The number of piperidine rings is 1. The maximum absolute atomic E-state index is 12.6. The van der Waals surface area contributed by atoms with Crippen LogP contribution in [0, 0.1) is 17.2 Å². The fraction of sp³-hybridized carbons (Fsp3) is 0.524. The highest BCUT2D eigenvalue weighted by atomic mass is 16.3. The van der Waals surface area contributed by atoms with Gasteiger partial charge in [-0.1, -0.05) is 6.92 Å². The van der Waals surface area contributed by atoms with Crippen molar-refractivity contribution >= 4 is 22.6 Å². The van der Waals surface area contributed by atoms with E-state index in [-0.39, 0.29) is 25.1 Å². The van der Waals surface area contributed by atoms with Crippen molar-refractivity contribution < 1.29 is 9.90 Å². The largest absolute Gasteiger partial charge is 0.395 e. The van der Waals surface area contributed by atoms with Gasteiger partial charge in [-0.3, -0.25) is 19.7 Å². The molecule has 2 heterocycles. The number of carbonyl (C=O) groups excluding carboxylic acids is 1. The molecule has 1 saturated heterocycles. The zero-order valence-corrected chi connectivity index (χ0v) is 17.3. The molecule has 0 saturated carbocycles. The number of carbonyl (C=O) groups is 1. The van der Waals surface area contributed by atoms with E-state index >= 15 is 0 Å². The number of nitriles is 1. The summed E-state index contributed by atoms with van der Waals surface area (Å²) in [6.45, 7) is 5.30. The highest BCUT2D eigenvalue weighted by Crippen LogP contribution is 2.30. The number of benzene rings is 1. The van der Waals surface area contributed by atoms with Crippen LogP contribution in [0.2, 0.25) is 0 Å². The second-order valence-electron chi connectivity index (χ2n) is 7.80. The van der Waals surface area contributed by atoms with Gasteiger partial charge in [0.2, 0.25) is 5.91 Å². The highest BCUT2D eigenvalue weighted by molar-refractivity contribution is 5.92. The van der Waals surface area contributed by atoms with Crippen LogP contribution >= 0.6 is 0 Å². The molecule has 0 aliphatic carbocycles. The molecule has 2 atom stereocenters. The summed E-state index contributed by atoms with van der Waals surface area (Å²) in [5, 5.41) is 21.7. The maximum atomic E-state index is 12.6. The minimum Gasteiger partial charge on any atom is -0.395 e. The standard InChI is InChI=1S/C21H29N7O2/c1-15-10-17(26-19(30)14-27(7-4-22)8-9-29)13-28(12-15)18-3-2-16(11-23)20-21(18)25-6-5-24-20/h2-3,5-6,15,17,29H,4,7-10,12-14,22H2,1H3,(H,26,30). The Morgan fingerprint density at radius 3 is 2.80 bits per heavy atom. The Morgan fingerprint density at radius 1 is 1.33 bits per heavy atom. The van der Waals surface area contributed by atoms with E-state index in [9.17, 15) is 10.1 Å². The quantitative estimate of drug-likeness (QED) is 0.557. The summed E-state index contributed by atoms with van der Waals surface area (Å²) in [7, 11) is 0. The Kier molecular flexibility index (Phi) is 7.52.